The van der Waals surface area contributed by atoms with Gasteiger partial charge in [-0.15, -0.1) is 0 Å². The minimum atomic E-state index is -3.93. The van der Waals surface area contributed by atoms with Gasteiger partial charge >= 0.3 is 0 Å². The van der Waals surface area contributed by atoms with Gasteiger partial charge in [0.25, 0.3) is 15.9 Å². The summed E-state index contributed by atoms with van der Waals surface area (Å²) in [5.74, 6) is 1.42. The Hall–Kier alpha value is -3.60. The van der Waals surface area contributed by atoms with E-state index in [9.17, 15) is 13.2 Å². The first-order valence-electron chi connectivity index (χ1n) is 12.8. The van der Waals surface area contributed by atoms with Gasteiger partial charge in [-0.3, -0.25) is 9.52 Å². The number of fused-ring (bicyclic) bond motifs is 1. The number of anilines is 1. The minimum absolute atomic E-state index is 0.0390. The van der Waals surface area contributed by atoms with Crippen LogP contribution in [0.4, 0.5) is 5.69 Å². The molecule has 0 aliphatic carbocycles. The van der Waals surface area contributed by atoms with Crippen molar-refractivity contribution in [2.24, 2.45) is 5.92 Å². The summed E-state index contributed by atoms with van der Waals surface area (Å²) in [6, 6.07) is 20.1. The molecule has 0 aromatic heterocycles. The first-order chi connectivity index (χ1) is 18.7. The molecule has 0 bridgehead atoms. The van der Waals surface area contributed by atoms with Crippen LogP contribution in [-0.2, 0) is 14.8 Å². The lowest BCUT2D eigenvalue weighted by molar-refractivity contribution is 0.0281. The Morgan fingerprint density at radius 2 is 1.69 bits per heavy atom. The Morgan fingerprint density at radius 3 is 2.38 bits per heavy atom. The third-order valence-electron chi connectivity index (χ3n) is 6.59. The maximum Gasteiger partial charge on any atom is 0.261 e. The van der Waals surface area contributed by atoms with Crippen LogP contribution in [0.3, 0.4) is 0 Å². The molecule has 10 heteroatoms. The molecule has 1 heterocycles. The van der Waals surface area contributed by atoms with Gasteiger partial charge in [0.1, 0.15) is 23.9 Å². The average Bonchev–Trinajstić information content (AvgIpc) is 2.93. The van der Waals surface area contributed by atoms with E-state index in [2.05, 4.69) is 17.0 Å². The molecule has 3 atom stereocenters. The van der Waals surface area contributed by atoms with Gasteiger partial charge in [-0.05, 0) is 67.4 Å². The maximum absolute atomic E-state index is 13.5. The van der Waals surface area contributed by atoms with Crippen LogP contribution < -0.4 is 19.5 Å². The molecule has 0 saturated heterocycles. The minimum Gasteiger partial charge on any atom is -0.491 e. The number of carbonyl (C=O) groups excluding carboxylic acids is 1. The van der Waals surface area contributed by atoms with E-state index in [0.717, 1.165) is 6.54 Å². The molecule has 1 aliphatic rings. The molecule has 0 fully saturated rings. The van der Waals surface area contributed by atoms with Crippen LogP contribution in [0.5, 0.6) is 17.2 Å². The van der Waals surface area contributed by atoms with E-state index in [1.54, 1.807) is 43.3 Å². The molecule has 0 saturated carbocycles. The van der Waals surface area contributed by atoms with Crippen LogP contribution in [-0.4, -0.2) is 65.2 Å². The summed E-state index contributed by atoms with van der Waals surface area (Å²) in [7, 11) is -0.596. The number of likely N-dealkylation sites (N-methyl/N-ethyl adjacent to an activating group) is 1. The van der Waals surface area contributed by atoms with Crippen LogP contribution in [0.1, 0.15) is 24.2 Å². The Balaban J connectivity index is 1.56. The van der Waals surface area contributed by atoms with Gasteiger partial charge in [-0.2, -0.15) is 0 Å². The molecule has 1 amide bonds. The number of nitrogens with zero attached hydrogens (tertiary/aromatic N) is 1. The Morgan fingerprint density at radius 1 is 1.00 bits per heavy atom. The highest BCUT2D eigenvalue weighted by Gasteiger charge is 2.26. The normalized spacial score (nSPS) is 20.7. The summed E-state index contributed by atoms with van der Waals surface area (Å²) in [6.07, 6.45) is -0.169. The number of rotatable bonds is 6. The van der Waals surface area contributed by atoms with Crippen molar-refractivity contribution < 1.29 is 27.4 Å². The molecule has 0 unspecified atom stereocenters. The van der Waals surface area contributed by atoms with Crippen LogP contribution in [0.15, 0.2) is 77.7 Å². The lowest BCUT2D eigenvalue weighted by atomic mass is 10.0. The highest BCUT2D eigenvalue weighted by molar-refractivity contribution is 7.92. The second-order valence-corrected chi connectivity index (χ2v) is 11.4. The Kier molecular flexibility index (Phi) is 9.11. The quantitative estimate of drug-likeness (QED) is 0.467. The third kappa shape index (κ3) is 7.29. The predicted octanol–water partition coefficient (Wildman–Crippen LogP) is 4.37. The van der Waals surface area contributed by atoms with Crippen LogP contribution in [0.25, 0.3) is 0 Å². The summed E-state index contributed by atoms with van der Waals surface area (Å²) in [5.41, 5.74) is 0.512. The van der Waals surface area contributed by atoms with E-state index in [4.69, 9.17) is 14.2 Å². The first-order valence-corrected chi connectivity index (χ1v) is 14.3. The molecular weight excluding hydrogens is 518 g/mol. The zero-order chi connectivity index (χ0) is 28.0. The maximum atomic E-state index is 13.5. The van der Waals surface area contributed by atoms with E-state index in [0.29, 0.717) is 30.4 Å². The number of ether oxygens (including phenoxy) is 3. The van der Waals surface area contributed by atoms with Gasteiger partial charge in [-0.25, -0.2) is 8.42 Å². The van der Waals surface area contributed by atoms with Gasteiger partial charge in [-0.1, -0.05) is 25.1 Å². The van der Waals surface area contributed by atoms with Gasteiger partial charge in [0.15, 0.2) is 0 Å². The summed E-state index contributed by atoms with van der Waals surface area (Å²) in [4.78, 5) is 15.1. The fraction of sp³-hybridized carbons (Fsp3) is 0.345. The number of amides is 1. The number of para-hydroxylation sites is 1. The van der Waals surface area contributed by atoms with Crippen molar-refractivity contribution in [2.75, 3.05) is 38.6 Å². The number of sulfonamides is 1. The van der Waals surface area contributed by atoms with Crippen molar-refractivity contribution in [1.29, 1.82) is 0 Å². The Labute approximate surface area is 230 Å². The lowest BCUT2D eigenvalue weighted by Gasteiger charge is -2.30. The van der Waals surface area contributed by atoms with Crippen LogP contribution in [0.2, 0.25) is 0 Å². The van der Waals surface area contributed by atoms with Crippen LogP contribution >= 0.6 is 0 Å². The van der Waals surface area contributed by atoms with Crippen molar-refractivity contribution in [3.05, 3.63) is 78.4 Å². The zero-order valence-electron chi connectivity index (χ0n) is 22.6. The summed E-state index contributed by atoms with van der Waals surface area (Å²) >= 11 is 0. The highest BCUT2D eigenvalue weighted by Crippen LogP contribution is 2.28. The largest absolute Gasteiger partial charge is 0.491 e. The van der Waals surface area contributed by atoms with Crippen molar-refractivity contribution in [1.82, 2.24) is 10.2 Å². The number of nitrogens with one attached hydrogen (secondary N) is 2. The summed E-state index contributed by atoms with van der Waals surface area (Å²) in [6.45, 7) is 5.51. The summed E-state index contributed by atoms with van der Waals surface area (Å²) in [5, 5.41) is 3.44. The van der Waals surface area contributed by atoms with E-state index in [1.807, 2.05) is 37.3 Å². The molecule has 1 aliphatic heterocycles. The van der Waals surface area contributed by atoms with Gasteiger partial charge in [0, 0.05) is 39.0 Å². The monoisotopic (exact) mass is 553 g/mol. The highest BCUT2D eigenvalue weighted by atomic mass is 32.2. The van der Waals surface area contributed by atoms with Crippen molar-refractivity contribution >= 4 is 21.6 Å². The standard InChI is InChI=1S/C29H35N3O6S/c1-20-17-30-21(2)19-37-27-15-10-22(16-26(27)29(33)32(3)18-28(20)36-4)31-39(34,35)25-13-11-24(12-14-25)38-23-8-6-5-7-9-23/h5-16,20-21,28,30-31H,17-19H2,1-4H3/t20-,21-,28+/m1/s1. The number of benzene rings is 3. The van der Waals surface area contributed by atoms with Gasteiger partial charge < -0.3 is 24.4 Å². The van der Waals surface area contributed by atoms with Gasteiger partial charge in [0.05, 0.1) is 16.6 Å². The topological polar surface area (TPSA) is 106 Å². The zero-order valence-corrected chi connectivity index (χ0v) is 23.4. The predicted molar refractivity (Wildman–Crippen MR) is 150 cm³/mol. The third-order valence-corrected chi connectivity index (χ3v) is 7.99. The fourth-order valence-electron chi connectivity index (χ4n) is 4.25. The molecule has 3 aromatic carbocycles. The first kappa shape index (κ1) is 28.4. The van der Waals surface area contributed by atoms with E-state index in [-0.39, 0.29) is 40.1 Å². The number of methoxy groups -OCH3 is 1. The molecule has 208 valence electrons. The number of hydrogen-bond acceptors (Lipinski definition) is 7. The summed E-state index contributed by atoms with van der Waals surface area (Å²) < 4.78 is 46.3. The molecule has 39 heavy (non-hydrogen) atoms. The van der Waals surface area contributed by atoms with E-state index in [1.165, 1.54) is 18.2 Å². The molecule has 2 N–H and O–H groups in total. The number of hydrogen-bond donors (Lipinski definition) is 2. The Bertz CT molecular complexity index is 1370. The molecule has 0 radical (unpaired) electrons. The van der Waals surface area contributed by atoms with Crippen molar-refractivity contribution in [3.8, 4) is 17.2 Å². The molecule has 4 rings (SSSR count). The van der Waals surface area contributed by atoms with Gasteiger partial charge in [0.2, 0.25) is 0 Å². The second-order valence-electron chi connectivity index (χ2n) is 9.76. The smallest absolute Gasteiger partial charge is 0.261 e. The lowest BCUT2D eigenvalue weighted by Crippen LogP contribution is -2.44. The molecule has 9 nitrogen and oxygen atoms in total. The van der Waals surface area contributed by atoms with Crippen molar-refractivity contribution in [2.45, 2.75) is 30.9 Å². The molecule has 3 aromatic rings. The second kappa shape index (κ2) is 12.5. The number of carbonyl (C=O) groups is 1. The molecular formula is C29H35N3O6S. The van der Waals surface area contributed by atoms with Crippen molar-refractivity contribution in [3.63, 3.8) is 0 Å². The van der Waals surface area contributed by atoms with E-state index < -0.39 is 10.0 Å². The molecule has 0 spiro atoms. The van der Waals surface area contributed by atoms with Crippen LogP contribution in [0, 0.1) is 5.92 Å². The van der Waals surface area contributed by atoms with E-state index >= 15 is 0 Å². The average molecular weight is 554 g/mol. The SMILES string of the molecule is CO[C@H]1CN(C)C(=O)c2cc(NS(=O)(=O)c3ccc(Oc4ccccc4)cc3)ccc2OC[C@@H](C)NC[C@H]1C. The fourth-order valence-corrected chi connectivity index (χ4v) is 5.30.